The van der Waals surface area contributed by atoms with Gasteiger partial charge in [-0.25, -0.2) is 8.78 Å². The highest BCUT2D eigenvalue weighted by Crippen LogP contribution is 2.71. The molecule has 256 valence electrons. The topological polar surface area (TPSA) is 95.2 Å². The Kier molecular flexibility index (Phi) is 7.00. The Hall–Kier alpha value is -6.76. The number of alkyl halides is 6. The zero-order valence-corrected chi connectivity index (χ0v) is 26.6. The molecule has 3 aliphatic carbocycles. The van der Waals surface area contributed by atoms with Gasteiger partial charge in [0.05, 0.1) is 40.5 Å². The number of hydrogen-bond donors (Lipinski definition) is 0. The Labute approximate surface area is 295 Å². The zero-order valence-electron chi connectivity index (χ0n) is 26.6. The van der Waals surface area contributed by atoms with E-state index in [1.165, 1.54) is 0 Å². The first-order valence-electron chi connectivity index (χ1n) is 15.8. The minimum atomic E-state index is -4.90. The van der Waals surface area contributed by atoms with Crippen LogP contribution >= 0.6 is 0 Å². The molecular weight excluding hydrogens is 700 g/mol. The van der Waals surface area contributed by atoms with Crippen LogP contribution in [0.1, 0.15) is 33.4 Å². The quantitative estimate of drug-likeness (QED) is 0.132. The van der Waals surface area contributed by atoms with Gasteiger partial charge in [-0.3, -0.25) is 0 Å². The molecule has 12 heteroatoms. The summed E-state index contributed by atoms with van der Waals surface area (Å²) >= 11 is 0. The van der Waals surface area contributed by atoms with Crippen molar-refractivity contribution in [1.29, 1.82) is 21.0 Å². The average Bonchev–Trinajstić information content (AvgIpc) is 3.58. The molecule has 0 heterocycles. The summed E-state index contributed by atoms with van der Waals surface area (Å²) in [7, 11) is 0. The minimum absolute atomic E-state index is 0.120. The second-order valence-electron chi connectivity index (χ2n) is 12.9. The van der Waals surface area contributed by atoms with Crippen LogP contribution in [0, 0.1) is 68.8 Å². The van der Waals surface area contributed by atoms with E-state index in [0.29, 0.717) is 67.8 Å². The third-order valence-corrected chi connectivity index (χ3v) is 10.4. The fourth-order valence-electron chi connectivity index (χ4n) is 8.02. The number of benzene rings is 5. The van der Waals surface area contributed by atoms with Crippen molar-refractivity contribution < 1.29 is 35.1 Å². The maximum Gasteiger partial charge on any atom is 0.419 e. The molecule has 0 bridgehead atoms. The van der Waals surface area contributed by atoms with E-state index in [0.717, 1.165) is 24.3 Å². The zero-order chi connectivity index (χ0) is 37.8. The smallest absolute Gasteiger partial charge is 0.206 e. The van der Waals surface area contributed by atoms with E-state index in [4.69, 9.17) is 0 Å². The molecule has 0 aromatic heterocycles. The maximum atomic E-state index is 14.6. The molecule has 1 saturated carbocycles. The number of nitrogens with zero attached hydrogens (tertiary/aromatic N) is 4. The molecule has 0 saturated heterocycles. The molecule has 5 aromatic rings. The normalized spacial score (nSPS) is 18.9. The summed E-state index contributed by atoms with van der Waals surface area (Å²) in [4.78, 5) is 0. The van der Waals surface area contributed by atoms with Gasteiger partial charge in [-0.2, -0.15) is 47.4 Å². The standard InChI is InChI=1S/C41H16F8N4/c42-36-11-21(3-7-30(36)40(44,45)46)19-1-5-24-26-14-33-27(13-29(26)38(28(24)9-19)23(15-50)16-51)25-6-2-20(10-32(25)39(33)34(17-52)35(39)18-53)22-4-8-31(37(43)12-22)41(47,48)49/h1-14,34-35H. The van der Waals surface area contributed by atoms with Crippen LogP contribution in [0.5, 0.6) is 0 Å². The Morgan fingerprint density at radius 2 is 0.943 bits per heavy atom. The fraction of sp³-hybridized carbons (Fsp3) is 0.122. The third-order valence-electron chi connectivity index (χ3n) is 10.4. The lowest BCUT2D eigenvalue weighted by Gasteiger charge is -2.15. The van der Waals surface area contributed by atoms with E-state index in [9.17, 15) is 56.2 Å². The van der Waals surface area contributed by atoms with Crippen molar-refractivity contribution in [2.45, 2.75) is 17.8 Å². The van der Waals surface area contributed by atoms with E-state index in [1.807, 2.05) is 12.1 Å². The molecule has 0 radical (unpaired) electrons. The second-order valence-corrected chi connectivity index (χ2v) is 12.9. The molecule has 1 fully saturated rings. The van der Waals surface area contributed by atoms with Crippen LogP contribution in [-0.4, -0.2) is 0 Å². The molecule has 4 nitrogen and oxygen atoms in total. The van der Waals surface area contributed by atoms with Gasteiger partial charge in [0.25, 0.3) is 0 Å². The van der Waals surface area contributed by atoms with Crippen molar-refractivity contribution in [3.05, 3.63) is 136 Å². The summed E-state index contributed by atoms with van der Waals surface area (Å²) in [5.41, 5.74) is 1.07. The fourth-order valence-corrected chi connectivity index (χ4v) is 8.02. The third kappa shape index (κ3) is 4.62. The van der Waals surface area contributed by atoms with Crippen LogP contribution < -0.4 is 0 Å². The number of halogens is 8. The Balaban J connectivity index is 1.31. The SMILES string of the molecule is N#CC(C#N)=C1c2cc(-c3ccc(C(F)(F)F)c(F)c3)ccc2-c2cc3c(cc21)-c1ccc(-c2ccc(C(F)(F)F)c(F)c2)cc1C31C(C#N)C1C#N. The van der Waals surface area contributed by atoms with Crippen molar-refractivity contribution in [2.75, 3.05) is 0 Å². The van der Waals surface area contributed by atoms with Gasteiger partial charge < -0.3 is 0 Å². The van der Waals surface area contributed by atoms with Gasteiger partial charge >= 0.3 is 12.4 Å². The largest absolute Gasteiger partial charge is 0.419 e. The lowest BCUT2D eigenvalue weighted by Crippen LogP contribution is -2.10. The molecule has 3 aliphatic rings. The van der Waals surface area contributed by atoms with E-state index < -0.39 is 52.4 Å². The minimum Gasteiger partial charge on any atom is -0.206 e. The average molecular weight is 717 g/mol. The van der Waals surface area contributed by atoms with E-state index in [2.05, 4.69) is 12.1 Å². The van der Waals surface area contributed by atoms with Crippen LogP contribution in [0.3, 0.4) is 0 Å². The van der Waals surface area contributed by atoms with Crippen LogP contribution in [0.15, 0.2) is 90.5 Å². The number of fused-ring (bicyclic) bond motifs is 8. The predicted molar refractivity (Wildman–Crippen MR) is 174 cm³/mol. The van der Waals surface area contributed by atoms with Crippen molar-refractivity contribution in [1.82, 2.24) is 0 Å². The molecule has 0 amide bonds. The maximum absolute atomic E-state index is 14.6. The predicted octanol–water partition coefficient (Wildman–Crippen LogP) is 10.7. The molecule has 2 atom stereocenters. The summed E-state index contributed by atoms with van der Waals surface area (Å²) in [5.74, 6) is -4.59. The molecule has 8 rings (SSSR count). The van der Waals surface area contributed by atoms with Crippen molar-refractivity contribution in [3.8, 4) is 68.8 Å². The van der Waals surface area contributed by atoms with Gasteiger partial charge in [-0.15, -0.1) is 0 Å². The van der Waals surface area contributed by atoms with Crippen LogP contribution in [0.2, 0.25) is 0 Å². The summed E-state index contributed by atoms with van der Waals surface area (Å²) in [5, 5.41) is 40.5. The summed E-state index contributed by atoms with van der Waals surface area (Å²) in [6.45, 7) is 0. The highest BCUT2D eigenvalue weighted by Gasteiger charge is 2.71. The Bertz CT molecular complexity index is 2660. The van der Waals surface area contributed by atoms with E-state index >= 15 is 0 Å². The molecular formula is C41H16F8N4. The first-order valence-corrected chi connectivity index (χ1v) is 15.8. The Morgan fingerprint density at radius 1 is 0.491 bits per heavy atom. The van der Waals surface area contributed by atoms with Gasteiger partial charge in [0.15, 0.2) is 0 Å². The van der Waals surface area contributed by atoms with Crippen LogP contribution in [0.25, 0.3) is 50.1 Å². The first kappa shape index (κ1) is 33.4. The number of rotatable bonds is 2. The number of nitriles is 4. The number of allylic oxidation sites excluding steroid dienone is 1. The summed E-state index contributed by atoms with van der Waals surface area (Å²) < 4.78 is 109. The van der Waals surface area contributed by atoms with Gasteiger partial charge in [-0.05, 0) is 115 Å². The van der Waals surface area contributed by atoms with Gasteiger partial charge in [0.1, 0.15) is 29.3 Å². The van der Waals surface area contributed by atoms with Crippen LogP contribution in [0.4, 0.5) is 35.1 Å². The summed E-state index contributed by atoms with van der Waals surface area (Å²) in [6, 6.07) is 26.5. The second kappa shape index (κ2) is 11.1. The van der Waals surface area contributed by atoms with Crippen molar-refractivity contribution in [3.63, 3.8) is 0 Å². The van der Waals surface area contributed by atoms with Crippen LogP contribution in [-0.2, 0) is 17.8 Å². The van der Waals surface area contributed by atoms with Gasteiger partial charge in [0, 0.05) is 5.57 Å². The number of hydrogen-bond acceptors (Lipinski definition) is 4. The highest BCUT2D eigenvalue weighted by atomic mass is 19.4. The van der Waals surface area contributed by atoms with Crippen molar-refractivity contribution in [2.24, 2.45) is 11.8 Å². The molecule has 2 unspecified atom stereocenters. The lowest BCUT2D eigenvalue weighted by molar-refractivity contribution is -0.140. The summed E-state index contributed by atoms with van der Waals surface area (Å²) in [6.07, 6.45) is -9.80. The van der Waals surface area contributed by atoms with Gasteiger partial charge in [-0.1, -0.05) is 36.4 Å². The highest BCUT2D eigenvalue weighted by molar-refractivity contribution is 6.07. The van der Waals surface area contributed by atoms with E-state index in [1.54, 1.807) is 48.5 Å². The van der Waals surface area contributed by atoms with Gasteiger partial charge in [0.2, 0.25) is 0 Å². The van der Waals surface area contributed by atoms with E-state index in [-0.39, 0.29) is 22.3 Å². The molecule has 5 aromatic carbocycles. The molecule has 53 heavy (non-hydrogen) atoms. The first-order chi connectivity index (χ1) is 25.2. The molecule has 0 N–H and O–H groups in total. The monoisotopic (exact) mass is 716 g/mol. The van der Waals surface area contributed by atoms with Crippen molar-refractivity contribution >= 4 is 5.57 Å². The Morgan fingerprint density at radius 3 is 1.43 bits per heavy atom. The molecule has 0 aliphatic heterocycles. The molecule has 1 spiro atoms. The lowest BCUT2D eigenvalue weighted by atomic mass is 9.86.